The van der Waals surface area contributed by atoms with E-state index in [9.17, 15) is 18.0 Å². The molecular formula is C17H25ClF3N3O. The second kappa shape index (κ2) is 9.99. The summed E-state index contributed by atoms with van der Waals surface area (Å²) < 4.78 is 38.2. The number of carbonyl (C=O) groups is 1. The summed E-state index contributed by atoms with van der Waals surface area (Å²) in [5.41, 5.74) is -0.152. The van der Waals surface area contributed by atoms with Crippen LogP contribution in [0.5, 0.6) is 0 Å². The molecule has 0 spiro atoms. The third kappa shape index (κ3) is 7.22. The molecule has 1 aliphatic heterocycles. The molecule has 1 aromatic rings. The van der Waals surface area contributed by atoms with Crippen molar-refractivity contribution >= 4 is 18.3 Å². The number of nitrogens with zero attached hydrogens (tertiary/aromatic N) is 1. The van der Waals surface area contributed by atoms with Gasteiger partial charge in [0.2, 0.25) is 5.91 Å². The highest BCUT2D eigenvalue weighted by atomic mass is 35.5. The molecule has 1 aliphatic rings. The van der Waals surface area contributed by atoms with Crippen LogP contribution in [0.3, 0.4) is 0 Å². The van der Waals surface area contributed by atoms with Crippen molar-refractivity contribution in [3.63, 3.8) is 0 Å². The third-order valence-corrected chi connectivity index (χ3v) is 4.18. The van der Waals surface area contributed by atoms with E-state index in [0.29, 0.717) is 18.5 Å². The van der Waals surface area contributed by atoms with Crippen molar-refractivity contribution in [2.45, 2.75) is 19.5 Å². The van der Waals surface area contributed by atoms with Gasteiger partial charge in [0.15, 0.2) is 0 Å². The van der Waals surface area contributed by atoms with E-state index in [1.54, 1.807) is 13.0 Å². The maximum Gasteiger partial charge on any atom is 0.416 e. The number of piperazine rings is 1. The van der Waals surface area contributed by atoms with Crippen molar-refractivity contribution in [1.29, 1.82) is 0 Å². The molecule has 0 aliphatic carbocycles. The monoisotopic (exact) mass is 379 g/mol. The molecule has 2 N–H and O–H groups in total. The van der Waals surface area contributed by atoms with Gasteiger partial charge in [-0.05, 0) is 18.1 Å². The summed E-state index contributed by atoms with van der Waals surface area (Å²) in [5, 5.41) is 6.14. The molecule has 1 heterocycles. The van der Waals surface area contributed by atoms with Gasteiger partial charge < -0.3 is 10.6 Å². The van der Waals surface area contributed by atoms with Crippen LogP contribution in [0.25, 0.3) is 0 Å². The van der Waals surface area contributed by atoms with E-state index in [1.807, 2.05) is 0 Å². The summed E-state index contributed by atoms with van der Waals surface area (Å²) in [6.45, 7) is 6.95. The Kier molecular flexibility index (Phi) is 8.68. The van der Waals surface area contributed by atoms with Crippen LogP contribution in [0, 0.1) is 5.92 Å². The zero-order chi connectivity index (χ0) is 17.6. The predicted molar refractivity (Wildman–Crippen MR) is 93.9 cm³/mol. The van der Waals surface area contributed by atoms with E-state index in [4.69, 9.17) is 0 Å². The SMILES string of the molecule is CC(Cc1cccc(C(F)(F)F)c1)C(=O)NCCN1CCNCC1.Cl. The number of hydrogen-bond acceptors (Lipinski definition) is 3. The fraction of sp³-hybridized carbons (Fsp3) is 0.588. The van der Waals surface area contributed by atoms with Gasteiger partial charge in [-0.1, -0.05) is 25.1 Å². The van der Waals surface area contributed by atoms with Gasteiger partial charge in [0.25, 0.3) is 0 Å². The van der Waals surface area contributed by atoms with E-state index in [-0.39, 0.29) is 24.2 Å². The fourth-order valence-electron chi connectivity index (χ4n) is 2.77. The molecule has 1 fully saturated rings. The number of amides is 1. The molecule has 25 heavy (non-hydrogen) atoms. The second-order valence-electron chi connectivity index (χ2n) is 6.19. The average Bonchev–Trinajstić information content (AvgIpc) is 2.55. The molecule has 1 aromatic carbocycles. The molecule has 142 valence electrons. The quantitative estimate of drug-likeness (QED) is 0.797. The lowest BCUT2D eigenvalue weighted by molar-refractivity contribution is -0.137. The Labute approximate surface area is 152 Å². The maximum absolute atomic E-state index is 12.7. The predicted octanol–water partition coefficient (Wildman–Crippen LogP) is 2.33. The molecule has 0 bridgehead atoms. The largest absolute Gasteiger partial charge is 0.416 e. The smallest absolute Gasteiger partial charge is 0.355 e. The summed E-state index contributed by atoms with van der Waals surface area (Å²) in [4.78, 5) is 14.4. The van der Waals surface area contributed by atoms with Crippen molar-refractivity contribution in [3.8, 4) is 0 Å². The van der Waals surface area contributed by atoms with Crippen molar-refractivity contribution in [3.05, 3.63) is 35.4 Å². The number of benzene rings is 1. The Bertz CT molecular complexity index is 548. The number of carbonyl (C=O) groups excluding carboxylic acids is 1. The fourth-order valence-corrected chi connectivity index (χ4v) is 2.77. The van der Waals surface area contributed by atoms with Gasteiger partial charge in [-0.3, -0.25) is 9.69 Å². The van der Waals surface area contributed by atoms with Gasteiger partial charge in [0, 0.05) is 45.2 Å². The van der Waals surface area contributed by atoms with Crippen LogP contribution >= 0.6 is 12.4 Å². The average molecular weight is 380 g/mol. The third-order valence-electron chi connectivity index (χ3n) is 4.18. The van der Waals surface area contributed by atoms with Crippen LogP contribution in [0.1, 0.15) is 18.1 Å². The van der Waals surface area contributed by atoms with Gasteiger partial charge in [0.05, 0.1) is 5.56 Å². The van der Waals surface area contributed by atoms with Crippen molar-refractivity contribution in [1.82, 2.24) is 15.5 Å². The minimum atomic E-state index is -4.36. The minimum absolute atomic E-state index is 0. The first-order valence-corrected chi connectivity index (χ1v) is 8.23. The molecule has 2 rings (SSSR count). The molecule has 1 atom stereocenters. The zero-order valence-corrected chi connectivity index (χ0v) is 15.1. The summed E-state index contributed by atoms with van der Waals surface area (Å²) in [6, 6.07) is 5.17. The Morgan fingerprint density at radius 2 is 2.00 bits per heavy atom. The number of hydrogen-bond donors (Lipinski definition) is 2. The first-order chi connectivity index (χ1) is 11.4. The van der Waals surface area contributed by atoms with Gasteiger partial charge >= 0.3 is 6.18 Å². The van der Waals surface area contributed by atoms with Gasteiger partial charge in [0.1, 0.15) is 0 Å². The standard InChI is InChI=1S/C17H24F3N3O.ClH/c1-13(11-14-3-2-4-15(12-14)17(18,19)20)16(24)22-7-10-23-8-5-21-6-9-23;/h2-4,12-13,21H,5-11H2,1H3,(H,22,24);1H. The van der Waals surface area contributed by atoms with Crippen LogP contribution in [0.15, 0.2) is 24.3 Å². The van der Waals surface area contributed by atoms with Crippen LogP contribution in [0.2, 0.25) is 0 Å². The first-order valence-electron chi connectivity index (χ1n) is 8.23. The molecule has 4 nitrogen and oxygen atoms in total. The lowest BCUT2D eigenvalue weighted by Crippen LogP contribution is -2.46. The Balaban J connectivity index is 0.00000312. The lowest BCUT2D eigenvalue weighted by atomic mass is 9.98. The van der Waals surface area contributed by atoms with Crippen LogP contribution in [-0.4, -0.2) is 50.1 Å². The van der Waals surface area contributed by atoms with E-state index in [1.165, 1.54) is 6.07 Å². The van der Waals surface area contributed by atoms with Crippen LogP contribution < -0.4 is 10.6 Å². The highest BCUT2D eigenvalue weighted by Crippen LogP contribution is 2.29. The number of halogens is 4. The maximum atomic E-state index is 12.7. The zero-order valence-electron chi connectivity index (χ0n) is 14.2. The second-order valence-corrected chi connectivity index (χ2v) is 6.19. The summed E-state index contributed by atoms with van der Waals surface area (Å²) in [6.07, 6.45) is -4.06. The van der Waals surface area contributed by atoms with Crippen molar-refractivity contribution in [2.75, 3.05) is 39.3 Å². The number of nitrogens with one attached hydrogen (secondary N) is 2. The Hall–Kier alpha value is -1.31. The normalized spacial score (nSPS) is 16.8. The first kappa shape index (κ1) is 21.7. The van der Waals surface area contributed by atoms with Gasteiger partial charge in [-0.15, -0.1) is 12.4 Å². The van der Waals surface area contributed by atoms with E-state index in [2.05, 4.69) is 15.5 Å². The van der Waals surface area contributed by atoms with Crippen LogP contribution in [-0.2, 0) is 17.4 Å². The van der Waals surface area contributed by atoms with E-state index >= 15 is 0 Å². The van der Waals surface area contributed by atoms with Crippen molar-refractivity contribution in [2.24, 2.45) is 5.92 Å². The van der Waals surface area contributed by atoms with Crippen LogP contribution in [0.4, 0.5) is 13.2 Å². The minimum Gasteiger partial charge on any atom is -0.355 e. The van der Waals surface area contributed by atoms with Gasteiger partial charge in [-0.25, -0.2) is 0 Å². The molecular weight excluding hydrogens is 355 g/mol. The summed E-state index contributed by atoms with van der Waals surface area (Å²) >= 11 is 0. The van der Waals surface area contributed by atoms with E-state index in [0.717, 1.165) is 44.9 Å². The molecule has 1 unspecified atom stereocenters. The van der Waals surface area contributed by atoms with Crippen molar-refractivity contribution < 1.29 is 18.0 Å². The Morgan fingerprint density at radius 3 is 2.64 bits per heavy atom. The number of rotatable bonds is 6. The molecule has 0 radical (unpaired) electrons. The molecule has 1 amide bonds. The molecule has 1 saturated heterocycles. The summed E-state index contributed by atoms with van der Waals surface area (Å²) in [5.74, 6) is -0.487. The van der Waals surface area contributed by atoms with E-state index < -0.39 is 11.7 Å². The highest BCUT2D eigenvalue weighted by Gasteiger charge is 2.30. The highest BCUT2D eigenvalue weighted by molar-refractivity contribution is 5.85. The summed E-state index contributed by atoms with van der Waals surface area (Å²) in [7, 11) is 0. The lowest BCUT2D eigenvalue weighted by Gasteiger charge is -2.27. The Morgan fingerprint density at radius 1 is 1.32 bits per heavy atom. The number of alkyl halides is 3. The molecule has 8 heteroatoms. The molecule has 0 aromatic heterocycles. The molecule has 0 saturated carbocycles. The topological polar surface area (TPSA) is 44.4 Å². The van der Waals surface area contributed by atoms with Gasteiger partial charge in [-0.2, -0.15) is 13.2 Å².